The molecule has 0 heterocycles. The number of para-hydroxylation sites is 2. The first-order chi connectivity index (χ1) is 15.3. The molecular formula is C21H17ClN4O5S. The maximum absolute atomic E-state index is 13.3. The van der Waals surface area contributed by atoms with Gasteiger partial charge in [-0.2, -0.15) is 5.10 Å². The third kappa shape index (κ3) is 5.29. The third-order valence-corrected chi connectivity index (χ3v) is 6.38. The number of amides is 1. The van der Waals surface area contributed by atoms with Gasteiger partial charge in [-0.15, -0.1) is 0 Å². The molecule has 11 heteroatoms. The third-order valence-electron chi connectivity index (χ3n) is 4.26. The van der Waals surface area contributed by atoms with Crippen molar-refractivity contribution < 1.29 is 18.1 Å². The van der Waals surface area contributed by atoms with E-state index in [1.807, 2.05) is 0 Å². The summed E-state index contributed by atoms with van der Waals surface area (Å²) in [7, 11) is -4.29. The fourth-order valence-electron chi connectivity index (χ4n) is 2.77. The van der Waals surface area contributed by atoms with E-state index in [1.54, 1.807) is 30.3 Å². The van der Waals surface area contributed by atoms with Crippen LogP contribution in [0.5, 0.6) is 0 Å². The molecule has 1 N–H and O–H groups in total. The highest BCUT2D eigenvalue weighted by molar-refractivity contribution is 7.92. The number of hydrogen-bond donors (Lipinski definition) is 1. The lowest BCUT2D eigenvalue weighted by molar-refractivity contribution is -0.384. The van der Waals surface area contributed by atoms with E-state index in [2.05, 4.69) is 10.5 Å². The molecule has 0 aliphatic carbocycles. The van der Waals surface area contributed by atoms with Crippen molar-refractivity contribution in [2.24, 2.45) is 5.10 Å². The maximum Gasteiger partial charge on any atom is 0.293 e. The van der Waals surface area contributed by atoms with Crippen LogP contribution in [0.2, 0.25) is 5.02 Å². The number of rotatable bonds is 8. The van der Waals surface area contributed by atoms with Gasteiger partial charge in [0.05, 0.1) is 16.0 Å². The zero-order chi connectivity index (χ0) is 23.1. The minimum atomic E-state index is -4.29. The van der Waals surface area contributed by atoms with Gasteiger partial charge in [0, 0.05) is 16.7 Å². The quantitative estimate of drug-likeness (QED) is 0.305. The first-order valence-corrected chi connectivity index (χ1v) is 11.0. The summed E-state index contributed by atoms with van der Waals surface area (Å²) < 4.78 is 27.2. The van der Waals surface area contributed by atoms with Gasteiger partial charge in [0.15, 0.2) is 0 Å². The Bertz CT molecular complexity index is 1270. The van der Waals surface area contributed by atoms with E-state index in [4.69, 9.17) is 11.6 Å². The summed E-state index contributed by atoms with van der Waals surface area (Å²) in [6.07, 6.45) is 1.31. The molecule has 1 amide bonds. The number of sulfonamides is 1. The minimum absolute atomic E-state index is 0.120. The molecule has 0 saturated carbocycles. The molecule has 0 radical (unpaired) electrons. The highest BCUT2D eigenvalue weighted by Crippen LogP contribution is 2.31. The molecular weight excluding hydrogens is 456 g/mol. The molecule has 0 aliphatic heterocycles. The number of hydrogen-bond acceptors (Lipinski definition) is 6. The van der Waals surface area contributed by atoms with Crippen LogP contribution in [0.25, 0.3) is 0 Å². The number of carbonyl (C=O) groups is 1. The zero-order valence-corrected chi connectivity index (χ0v) is 18.0. The molecule has 0 bridgehead atoms. The lowest BCUT2D eigenvalue weighted by Gasteiger charge is -2.23. The Morgan fingerprint density at radius 2 is 1.66 bits per heavy atom. The molecule has 3 aromatic carbocycles. The Kier molecular flexibility index (Phi) is 7.18. The van der Waals surface area contributed by atoms with Gasteiger partial charge in [-0.25, -0.2) is 18.1 Å². The summed E-state index contributed by atoms with van der Waals surface area (Å²) in [4.78, 5) is 23.2. The molecule has 0 spiro atoms. The topological polar surface area (TPSA) is 122 Å². The number of benzene rings is 3. The Morgan fingerprint density at radius 1 is 1.03 bits per heavy atom. The van der Waals surface area contributed by atoms with Gasteiger partial charge in [0.2, 0.25) is 0 Å². The van der Waals surface area contributed by atoms with Gasteiger partial charge in [0.25, 0.3) is 21.6 Å². The molecule has 3 rings (SSSR count). The Hall–Kier alpha value is -3.76. The molecule has 0 aliphatic rings. The van der Waals surface area contributed by atoms with Gasteiger partial charge in [-0.1, -0.05) is 60.1 Å². The van der Waals surface area contributed by atoms with Crippen molar-refractivity contribution >= 4 is 45.1 Å². The summed E-state index contributed by atoms with van der Waals surface area (Å²) in [5.41, 5.74) is 2.07. The smallest absolute Gasteiger partial charge is 0.271 e. The van der Waals surface area contributed by atoms with Crippen molar-refractivity contribution in [2.45, 2.75) is 4.90 Å². The average Bonchev–Trinajstić information content (AvgIpc) is 2.79. The maximum atomic E-state index is 13.3. The first kappa shape index (κ1) is 22.9. The summed E-state index contributed by atoms with van der Waals surface area (Å²) in [5.74, 6) is -0.800. The molecule has 0 fully saturated rings. The molecule has 0 aromatic heterocycles. The molecule has 0 saturated heterocycles. The van der Waals surface area contributed by atoms with E-state index in [0.717, 1.165) is 6.07 Å². The van der Waals surface area contributed by atoms with Gasteiger partial charge >= 0.3 is 0 Å². The predicted molar refractivity (Wildman–Crippen MR) is 121 cm³/mol. The number of carbonyl (C=O) groups excluding carboxylic acids is 1. The van der Waals surface area contributed by atoms with Crippen molar-refractivity contribution in [1.82, 2.24) is 5.43 Å². The Balaban J connectivity index is 1.92. The number of nitrogens with one attached hydrogen (secondary N) is 1. The van der Waals surface area contributed by atoms with Crippen LogP contribution in [0, 0.1) is 10.1 Å². The summed E-state index contributed by atoms with van der Waals surface area (Å²) in [5, 5.41) is 15.7. The van der Waals surface area contributed by atoms with Crippen molar-refractivity contribution in [3.8, 4) is 0 Å². The van der Waals surface area contributed by atoms with E-state index in [9.17, 15) is 23.3 Å². The van der Waals surface area contributed by atoms with Crippen molar-refractivity contribution in [3.05, 3.63) is 99.6 Å². The number of nitrogens with zero attached hydrogens (tertiary/aromatic N) is 3. The second kappa shape index (κ2) is 10.0. The molecule has 3 aromatic rings. The highest BCUT2D eigenvalue weighted by atomic mass is 35.5. The molecule has 0 atom stereocenters. The Labute approximate surface area is 189 Å². The monoisotopic (exact) mass is 472 g/mol. The van der Waals surface area contributed by atoms with Crippen LogP contribution < -0.4 is 9.73 Å². The van der Waals surface area contributed by atoms with Crippen LogP contribution in [0.3, 0.4) is 0 Å². The normalized spacial score (nSPS) is 11.3. The Morgan fingerprint density at radius 3 is 2.34 bits per heavy atom. The largest absolute Gasteiger partial charge is 0.293 e. The highest BCUT2D eigenvalue weighted by Gasteiger charge is 2.31. The molecule has 32 heavy (non-hydrogen) atoms. The van der Waals surface area contributed by atoms with Crippen LogP contribution in [0.15, 0.2) is 88.9 Å². The van der Waals surface area contributed by atoms with E-state index in [0.29, 0.717) is 14.9 Å². The fraction of sp³-hybridized carbons (Fsp3) is 0.0476. The predicted octanol–water partition coefficient (Wildman–Crippen LogP) is 3.59. The second-order valence-electron chi connectivity index (χ2n) is 6.39. The second-order valence-corrected chi connectivity index (χ2v) is 8.65. The summed E-state index contributed by atoms with van der Waals surface area (Å²) >= 11 is 6.02. The summed E-state index contributed by atoms with van der Waals surface area (Å²) in [6, 6.07) is 19.4. The van der Waals surface area contributed by atoms with Crippen LogP contribution in [0.1, 0.15) is 5.56 Å². The van der Waals surface area contributed by atoms with E-state index >= 15 is 0 Å². The average molecular weight is 473 g/mol. The van der Waals surface area contributed by atoms with E-state index < -0.39 is 33.1 Å². The number of halogens is 1. The van der Waals surface area contributed by atoms with Crippen molar-refractivity contribution in [1.29, 1.82) is 0 Å². The lowest BCUT2D eigenvalue weighted by atomic mass is 10.2. The van der Waals surface area contributed by atoms with Crippen LogP contribution >= 0.6 is 11.6 Å². The standard InChI is InChI=1S/C21H17ClN4O5S/c22-18-11-5-4-8-16(18)14-23-24-21(27)15-25(19-12-6-7-13-20(19)26(28)29)32(30,31)17-9-2-1-3-10-17/h1-14H,15H2,(H,24,27)/b23-14-. The number of nitro benzene ring substituents is 1. The first-order valence-electron chi connectivity index (χ1n) is 9.18. The van der Waals surface area contributed by atoms with Gasteiger partial charge in [-0.05, 0) is 24.3 Å². The lowest BCUT2D eigenvalue weighted by Crippen LogP contribution is -2.39. The van der Waals surface area contributed by atoms with E-state index in [1.165, 1.54) is 48.7 Å². The van der Waals surface area contributed by atoms with E-state index in [-0.39, 0.29) is 10.6 Å². The fourth-order valence-corrected chi connectivity index (χ4v) is 4.41. The van der Waals surface area contributed by atoms with Gasteiger partial charge in [0.1, 0.15) is 12.2 Å². The van der Waals surface area contributed by atoms with Crippen molar-refractivity contribution in [2.75, 3.05) is 10.8 Å². The van der Waals surface area contributed by atoms with Crippen LogP contribution in [-0.2, 0) is 14.8 Å². The van der Waals surface area contributed by atoms with Crippen LogP contribution in [-0.4, -0.2) is 32.0 Å². The van der Waals surface area contributed by atoms with Gasteiger partial charge < -0.3 is 0 Å². The molecule has 164 valence electrons. The summed E-state index contributed by atoms with van der Waals surface area (Å²) in [6.45, 7) is -0.734. The number of hydrazone groups is 1. The SMILES string of the molecule is O=C(CN(c1ccccc1[N+](=O)[O-])S(=O)(=O)c1ccccc1)N/N=C\c1ccccc1Cl. The van der Waals surface area contributed by atoms with Gasteiger partial charge in [-0.3, -0.25) is 14.9 Å². The zero-order valence-electron chi connectivity index (χ0n) is 16.5. The number of nitro groups is 1. The minimum Gasteiger partial charge on any atom is -0.271 e. The van der Waals surface area contributed by atoms with Crippen molar-refractivity contribution in [3.63, 3.8) is 0 Å². The number of anilines is 1. The molecule has 9 nitrogen and oxygen atoms in total. The van der Waals surface area contributed by atoms with Crippen LogP contribution in [0.4, 0.5) is 11.4 Å². The molecule has 0 unspecified atom stereocenters.